The van der Waals surface area contributed by atoms with Gasteiger partial charge in [-0.2, -0.15) is 5.10 Å². The summed E-state index contributed by atoms with van der Waals surface area (Å²) in [7, 11) is 3.32. The maximum Gasteiger partial charge on any atom is 0.279 e. The summed E-state index contributed by atoms with van der Waals surface area (Å²) in [5.41, 5.74) is 0.794. The Bertz CT molecular complexity index is 565. The summed E-state index contributed by atoms with van der Waals surface area (Å²) in [6.07, 6.45) is 1.45. The van der Waals surface area contributed by atoms with Gasteiger partial charge in [0.25, 0.3) is 5.56 Å². The van der Waals surface area contributed by atoms with Crippen molar-refractivity contribution in [2.45, 2.75) is 0 Å². The van der Waals surface area contributed by atoms with Crippen LogP contribution in [0.3, 0.4) is 0 Å². The van der Waals surface area contributed by atoms with Crippen LogP contribution >= 0.6 is 0 Å². The molecular weight excluding hydrogens is 182 g/mol. The highest BCUT2D eigenvalue weighted by atomic mass is 16.1. The highest BCUT2D eigenvalue weighted by molar-refractivity contribution is 5.84. The minimum Gasteiger partial charge on any atom is -0.301 e. The molecule has 2 heterocycles. The molecular formula is C8H9N5O. The van der Waals surface area contributed by atoms with Gasteiger partial charge in [-0.25, -0.2) is 9.98 Å². The zero-order valence-corrected chi connectivity index (χ0v) is 7.93. The van der Waals surface area contributed by atoms with Crippen LogP contribution in [0.25, 0.3) is 11.0 Å². The quantitative estimate of drug-likeness (QED) is 0.596. The summed E-state index contributed by atoms with van der Waals surface area (Å²) in [5.74, 6) is 0.389. The minimum absolute atomic E-state index is 0.139. The maximum atomic E-state index is 11.7. The average molecular weight is 191 g/mol. The Kier molecular flexibility index (Phi) is 1.70. The van der Waals surface area contributed by atoms with Crippen molar-refractivity contribution in [1.29, 1.82) is 0 Å². The number of hydrogen-bond donors (Lipinski definition) is 0. The van der Waals surface area contributed by atoms with E-state index in [1.54, 1.807) is 14.1 Å². The van der Waals surface area contributed by atoms with E-state index in [0.717, 1.165) is 0 Å². The Balaban J connectivity index is 3.04. The lowest BCUT2D eigenvalue weighted by Gasteiger charge is -1.96. The molecule has 0 unspecified atom stereocenters. The van der Waals surface area contributed by atoms with Crippen molar-refractivity contribution < 1.29 is 0 Å². The van der Waals surface area contributed by atoms with Crippen LogP contribution in [-0.4, -0.2) is 26.0 Å². The van der Waals surface area contributed by atoms with Gasteiger partial charge < -0.3 is 4.57 Å². The molecule has 0 radical (unpaired) electrons. The van der Waals surface area contributed by atoms with Crippen LogP contribution in [0.1, 0.15) is 0 Å². The van der Waals surface area contributed by atoms with Gasteiger partial charge in [-0.3, -0.25) is 9.48 Å². The van der Waals surface area contributed by atoms with Gasteiger partial charge in [0.2, 0.25) is 0 Å². The summed E-state index contributed by atoms with van der Waals surface area (Å²) >= 11 is 0. The molecule has 0 aliphatic carbocycles. The molecule has 2 aromatic rings. The van der Waals surface area contributed by atoms with Gasteiger partial charge in [0.05, 0.1) is 6.33 Å². The smallest absolute Gasteiger partial charge is 0.279 e. The average Bonchev–Trinajstić information content (AvgIpc) is 2.49. The van der Waals surface area contributed by atoms with Gasteiger partial charge in [0.15, 0.2) is 11.3 Å². The van der Waals surface area contributed by atoms with E-state index in [1.165, 1.54) is 15.6 Å². The van der Waals surface area contributed by atoms with Crippen LogP contribution in [0.2, 0.25) is 0 Å². The maximum absolute atomic E-state index is 11.7. The largest absolute Gasteiger partial charge is 0.301 e. The van der Waals surface area contributed by atoms with E-state index in [1.807, 2.05) is 0 Å². The lowest BCUT2D eigenvalue weighted by atomic mass is 10.4. The Morgan fingerprint density at radius 2 is 2.21 bits per heavy atom. The lowest BCUT2D eigenvalue weighted by molar-refractivity contribution is 0.774. The monoisotopic (exact) mass is 191 g/mol. The van der Waals surface area contributed by atoms with E-state index in [2.05, 4.69) is 21.8 Å². The first-order valence-electron chi connectivity index (χ1n) is 4.00. The van der Waals surface area contributed by atoms with Gasteiger partial charge in [0.1, 0.15) is 5.52 Å². The molecule has 6 nitrogen and oxygen atoms in total. The molecule has 0 atom stereocenters. The van der Waals surface area contributed by atoms with Gasteiger partial charge in [-0.05, 0) is 6.72 Å². The topological polar surface area (TPSA) is 65.1 Å². The summed E-state index contributed by atoms with van der Waals surface area (Å²) in [4.78, 5) is 19.5. The van der Waals surface area contributed by atoms with Crippen molar-refractivity contribution >= 4 is 23.6 Å². The molecule has 0 spiro atoms. The Morgan fingerprint density at radius 3 is 2.86 bits per heavy atom. The normalized spacial score (nSPS) is 10.7. The van der Waals surface area contributed by atoms with Crippen molar-refractivity contribution in [3.05, 3.63) is 16.7 Å². The lowest BCUT2D eigenvalue weighted by Crippen LogP contribution is -2.18. The van der Waals surface area contributed by atoms with Crippen molar-refractivity contribution in [3.8, 4) is 0 Å². The number of aliphatic imine (C=N–C) groups is 1. The van der Waals surface area contributed by atoms with Gasteiger partial charge in [-0.15, -0.1) is 0 Å². The molecule has 6 heteroatoms. The molecule has 0 fully saturated rings. The van der Waals surface area contributed by atoms with Crippen molar-refractivity contribution in [2.24, 2.45) is 19.1 Å². The molecule has 0 bridgehead atoms. The van der Waals surface area contributed by atoms with Crippen LogP contribution in [-0.2, 0) is 14.1 Å². The zero-order valence-electron chi connectivity index (χ0n) is 7.93. The predicted octanol–water partition coefficient (Wildman–Crippen LogP) is -0.000900. The fourth-order valence-electron chi connectivity index (χ4n) is 1.33. The van der Waals surface area contributed by atoms with Crippen molar-refractivity contribution in [3.63, 3.8) is 0 Å². The van der Waals surface area contributed by atoms with Crippen LogP contribution < -0.4 is 5.56 Å². The third-order valence-corrected chi connectivity index (χ3v) is 2.04. The van der Waals surface area contributed by atoms with Gasteiger partial charge in [0, 0.05) is 14.1 Å². The van der Waals surface area contributed by atoms with Crippen LogP contribution in [0.15, 0.2) is 16.1 Å². The number of aryl methyl sites for hydroxylation is 2. The van der Waals surface area contributed by atoms with Crippen molar-refractivity contribution in [1.82, 2.24) is 19.3 Å². The number of aromatic nitrogens is 4. The van der Waals surface area contributed by atoms with Crippen LogP contribution in [0, 0.1) is 0 Å². The highest BCUT2D eigenvalue weighted by Crippen LogP contribution is 2.18. The second-order valence-corrected chi connectivity index (χ2v) is 2.96. The number of fused-ring (bicyclic) bond motifs is 1. The molecule has 14 heavy (non-hydrogen) atoms. The Morgan fingerprint density at radius 1 is 1.50 bits per heavy atom. The van der Waals surface area contributed by atoms with Crippen LogP contribution in [0.5, 0.6) is 0 Å². The summed E-state index contributed by atoms with van der Waals surface area (Å²) in [5, 5.41) is 4.02. The van der Waals surface area contributed by atoms with E-state index in [4.69, 9.17) is 0 Å². The summed E-state index contributed by atoms with van der Waals surface area (Å²) in [6.45, 7) is 3.37. The molecule has 2 aromatic heterocycles. The van der Waals surface area contributed by atoms with E-state index in [0.29, 0.717) is 16.9 Å². The SMILES string of the molecule is C=Nc1nn(C)c2c(=O)n(C)cnc12. The second-order valence-electron chi connectivity index (χ2n) is 2.96. The van der Waals surface area contributed by atoms with E-state index in [9.17, 15) is 4.79 Å². The van der Waals surface area contributed by atoms with Crippen molar-refractivity contribution in [2.75, 3.05) is 0 Å². The molecule has 0 saturated heterocycles. The minimum atomic E-state index is -0.139. The zero-order chi connectivity index (χ0) is 10.3. The molecule has 0 aliphatic heterocycles. The predicted molar refractivity (Wildman–Crippen MR) is 53.0 cm³/mol. The first kappa shape index (κ1) is 8.61. The van der Waals surface area contributed by atoms with E-state index >= 15 is 0 Å². The molecule has 0 N–H and O–H groups in total. The third-order valence-electron chi connectivity index (χ3n) is 2.04. The van der Waals surface area contributed by atoms with Gasteiger partial charge >= 0.3 is 0 Å². The fourth-order valence-corrected chi connectivity index (χ4v) is 1.33. The summed E-state index contributed by atoms with van der Waals surface area (Å²) in [6, 6.07) is 0. The second kappa shape index (κ2) is 2.76. The fraction of sp³-hybridized carbons (Fsp3) is 0.250. The number of rotatable bonds is 1. The van der Waals surface area contributed by atoms with Gasteiger partial charge in [-0.1, -0.05) is 0 Å². The first-order valence-corrected chi connectivity index (χ1v) is 4.00. The Labute approximate surface area is 79.5 Å². The molecule has 2 rings (SSSR count). The standard InChI is InChI=1S/C8H9N5O/c1-9-7-5-6(13(3)11-7)8(14)12(2)4-10-5/h4H,1H2,2-3H3. The number of hydrogen-bond acceptors (Lipinski definition) is 4. The highest BCUT2D eigenvalue weighted by Gasteiger charge is 2.12. The van der Waals surface area contributed by atoms with E-state index < -0.39 is 0 Å². The third kappa shape index (κ3) is 0.968. The molecule has 72 valence electrons. The van der Waals surface area contributed by atoms with E-state index in [-0.39, 0.29) is 5.56 Å². The molecule has 0 saturated carbocycles. The Hall–Kier alpha value is -1.98. The molecule has 0 aromatic carbocycles. The molecule has 0 amide bonds. The summed E-state index contributed by atoms with van der Waals surface area (Å²) < 4.78 is 2.87. The molecule has 0 aliphatic rings. The number of nitrogens with zero attached hydrogens (tertiary/aromatic N) is 5. The first-order chi connectivity index (χ1) is 6.65. The van der Waals surface area contributed by atoms with Crippen LogP contribution in [0.4, 0.5) is 5.82 Å².